The van der Waals surface area contributed by atoms with Crippen molar-refractivity contribution in [3.8, 4) is 11.5 Å². The molecule has 2 heterocycles. The lowest BCUT2D eigenvalue weighted by Gasteiger charge is -2.69. The molecule has 2 bridgehead atoms. The van der Waals surface area contributed by atoms with Crippen LogP contribution in [0.15, 0.2) is 60.7 Å². The summed E-state index contributed by atoms with van der Waals surface area (Å²) in [6, 6.07) is 19.1. The third kappa shape index (κ3) is 4.71. The van der Waals surface area contributed by atoms with Gasteiger partial charge < -0.3 is 19.3 Å². The molecule has 1 unspecified atom stereocenters. The van der Waals surface area contributed by atoms with Crippen LogP contribution >= 0.6 is 23.2 Å². The van der Waals surface area contributed by atoms with Gasteiger partial charge in [-0.15, -0.1) is 23.2 Å². The zero-order chi connectivity index (χ0) is 33.2. The summed E-state index contributed by atoms with van der Waals surface area (Å²) in [5, 5.41) is 3.56. The first-order valence-corrected chi connectivity index (χ1v) is 17.0. The number of hydrogen-bond acceptors (Lipinski definition) is 6. The number of ether oxygens (including phenoxy) is 2. The van der Waals surface area contributed by atoms with E-state index in [2.05, 4.69) is 11.6 Å². The maximum Gasteiger partial charge on any atom is 0.308 e. The zero-order valence-corrected chi connectivity index (χ0v) is 27.9. The lowest BCUT2D eigenvalue weighted by Crippen LogP contribution is -2.72. The van der Waals surface area contributed by atoms with Gasteiger partial charge in [-0.1, -0.05) is 48.5 Å². The number of carbonyl (C=O) groups excluding carboxylic acids is 4. The first kappa shape index (κ1) is 31.5. The quantitative estimate of drug-likeness (QED) is 0.127. The third-order valence-corrected chi connectivity index (χ3v) is 10.6. The van der Waals surface area contributed by atoms with E-state index in [4.69, 9.17) is 21.1 Å². The molecule has 3 aliphatic carbocycles. The van der Waals surface area contributed by atoms with E-state index in [1.165, 1.54) is 20.2 Å². The molecule has 242 valence electrons. The Morgan fingerprint density at radius 3 is 1.79 bits per heavy atom. The average Bonchev–Trinajstić information content (AvgIpc) is 3.62. The molecule has 0 saturated heterocycles. The molecule has 3 saturated carbocycles. The molecule has 4 aromatic rings. The summed E-state index contributed by atoms with van der Waals surface area (Å²) in [4.78, 5) is 55.8. The van der Waals surface area contributed by atoms with E-state index in [1.807, 2.05) is 59.5 Å². The van der Waals surface area contributed by atoms with Gasteiger partial charge in [0.25, 0.3) is 0 Å². The molecule has 4 aromatic carbocycles. The summed E-state index contributed by atoms with van der Waals surface area (Å²) < 4.78 is 11.1. The predicted octanol–water partition coefficient (Wildman–Crippen LogP) is 7.13. The Hall–Kier alpha value is -4.14. The summed E-state index contributed by atoms with van der Waals surface area (Å²) >= 11 is 11.1. The second-order valence-corrected chi connectivity index (χ2v) is 13.3. The van der Waals surface area contributed by atoms with E-state index in [0.717, 1.165) is 44.0 Å². The molecule has 0 spiro atoms. The number of rotatable bonds is 5. The van der Waals surface area contributed by atoms with Gasteiger partial charge in [-0.05, 0) is 47.6 Å². The van der Waals surface area contributed by atoms with Gasteiger partial charge in [0.15, 0.2) is 0 Å². The molecule has 0 aromatic heterocycles. The Bertz CT molecular complexity index is 1990. The molecular weight excluding hydrogens is 639 g/mol. The normalized spacial score (nSPS) is 23.2. The molecule has 47 heavy (non-hydrogen) atoms. The van der Waals surface area contributed by atoms with Crippen LogP contribution < -0.4 is 19.3 Å². The van der Waals surface area contributed by atoms with E-state index in [1.54, 1.807) is 11.0 Å². The summed E-state index contributed by atoms with van der Waals surface area (Å²) in [5.74, 6) is 0.341. The molecule has 0 radical (unpaired) electrons. The maximum absolute atomic E-state index is 14.3. The number of fused-ring (bicyclic) bond motifs is 6. The van der Waals surface area contributed by atoms with Gasteiger partial charge in [-0.3, -0.25) is 19.2 Å². The van der Waals surface area contributed by atoms with Crippen LogP contribution in [-0.4, -0.2) is 49.1 Å². The van der Waals surface area contributed by atoms with Crippen molar-refractivity contribution in [1.82, 2.24) is 0 Å². The van der Waals surface area contributed by atoms with Gasteiger partial charge in [0.1, 0.15) is 11.5 Å². The van der Waals surface area contributed by atoms with Crippen LogP contribution in [0.2, 0.25) is 0 Å². The molecular formula is C37H34Cl2N2O6. The van der Waals surface area contributed by atoms with Crippen LogP contribution in [0.3, 0.4) is 0 Å². The van der Waals surface area contributed by atoms with Gasteiger partial charge in [0, 0.05) is 68.0 Å². The standard InChI is InChI=1S/C36H31ClN2O6.CH3Cl/c1-20(40)44-30-13-28-24(23-7-3-4-8-25(23)30)11-12-38(28)33(42)35-17-36(18-35,19-35)34(43)39-16-22(15-37)32-27-10-6-5-9-26(27)31(14-29(32)39)45-21(2)41;1-2/h3-10,13-14,22H,11-12,15-19H2,1-2H3;1H3. The van der Waals surface area contributed by atoms with Crippen LogP contribution in [0, 0.1) is 10.8 Å². The topological polar surface area (TPSA) is 93.2 Å². The highest BCUT2D eigenvalue weighted by atomic mass is 35.5. The molecule has 8 nitrogen and oxygen atoms in total. The van der Waals surface area contributed by atoms with Gasteiger partial charge in [-0.25, -0.2) is 0 Å². The van der Waals surface area contributed by atoms with Gasteiger partial charge in [0.05, 0.1) is 22.2 Å². The van der Waals surface area contributed by atoms with E-state index >= 15 is 0 Å². The minimum absolute atomic E-state index is 0.0000540. The van der Waals surface area contributed by atoms with Crippen LogP contribution in [-0.2, 0) is 25.6 Å². The first-order valence-electron chi connectivity index (χ1n) is 15.7. The SMILES string of the molecule is CC(=O)Oc1cc2c(c3ccccc13)CCN2C(=O)C12CC(C(=O)N3CC(CCl)c4c3cc(OC(C)=O)c3ccccc43)(C1)C2.CCl. The Kier molecular flexibility index (Phi) is 7.72. The Morgan fingerprint density at radius 1 is 0.745 bits per heavy atom. The summed E-state index contributed by atoms with van der Waals surface area (Å²) in [6.45, 7) is 3.73. The molecule has 3 fully saturated rings. The number of esters is 2. The zero-order valence-electron chi connectivity index (χ0n) is 26.4. The van der Waals surface area contributed by atoms with Crippen molar-refractivity contribution >= 4 is 79.9 Å². The third-order valence-electron chi connectivity index (χ3n) is 10.2. The van der Waals surface area contributed by atoms with Crippen LogP contribution in [0.1, 0.15) is 50.2 Å². The van der Waals surface area contributed by atoms with Crippen molar-refractivity contribution in [2.45, 2.75) is 45.4 Å². The van der Waals surface area contributed by atoms with Crippen molar-refractivity contribution in [3.05, 3.63) is 71.8 Å². The number of halogens is 2. The number of nitrogens with zero attached hydrogens (tertiary/aromatic N) is 2. The smallest absolute Gasteiger partial charge is 0.308 e. The molecule has 2 amide bonds. The average molecular weight is 674 g/mol. The second-order valence-electron chi connectivity index (χ2n) is 13.0. The minimum atomic E-state index is -0.601. The lowest BCUT2D eigenvalue weighted by atomic mass is 9.34. The fraction of sp³-hybridized carbons (Fsp3) is 0.351. The first-order chi connectivity index (χ1) is 22.6. The van der Waals surface area contributed by atoms with Crippen molar-refractivity contribution in [2.24, 2.45) is 10.8 Å². The van der Waals surface area contributed by atoms with Crippen molar-refractivity contribution in [3.63, 3.8) is 0 Å². The molecule has 10 heteroatoms. The van der Waals surface area contributed by atoms with Crippen molar-refractivity contribution < 1.29 is 28.7 Å². The van der Waals surface area contributed by atoms with E-state index in [9.17, 15) is 19.2 Å². The van der Waals surface area contributed by atoms with E-state index in [0.29, 0.717) is 56.2 Å². The molecule has 1 atom stereocenters. The van der Waals surface area contributed by atoms with Gasteiger partial charge >= 0.3 is 11.9 Å². The maximum atomic E-state index is 14.3. The van der Waals surface area contributed by atoms with Crippen molar-refractivity contribution in [1.29, 1.82) is 0 Å². The fourth-order valence-corrected chi connectivity index (χ4v) is 8.72. The minimum Gasteiger partial charge on any atom is -0.426 e. The highest BCUT2D eigenvalue weighted by Crippen LogP contribution is 2.75. The Balaban J connectivity index is 0.00000172. The highest BCUT2D eigenvalue weighted by Gasteiger charge is 2.76. The summed E-state index contributed by atoms with van der Waals surface area (Å²) in [5.41, 5.74) is 2.39. The number of hydrogen-bond donors (Lipinski definition) is 0. The summed E-state index contributed by atoms with van der Waals surface area (Å²) in [7, 11) is 0. The lowest BCUT2D eigenvalue weighted by molar-refractivity contribution is -0.204. The van der Waals surface area contributed by atoms with E-state index < -0.39 is 22.8 Å². The molecule has 9 rings (SSSR count). The number of anilines is 2. The monoisotopic (exact) mass is 672 g/mol. The fourth-order valence-electron chi connectivity index (χ4n) is 8.47. The predicted molar refractivity (Wildman–Crippen MR) is 183 cm³/mol. The second kappa shape index (κ2) is 11.5. The van der Waals surface area contributed by atoms with Gasteiger partial charge in [-0.2, -0.15) is 0 Å². The van der Waals surface area contributed by atoms with Crippen LogP contribution in [0.5, 0.6) is 11.5 Å². The van der Waals surface area contributed by atoms with Crippen LogP contribution in [0.4, 0.5) is 11.4 Å². The van der Waals surface area contributed by atoms with Crippen LogP contribution in [0.25, 0.3) is 21.5 Å². The van der Waals surface area contributed by atoms with Gasteiger partial charge in [0.2, 0.25) is 11.8 Å². The number of carbonyl (C=O) groups is 4. The molecule has 0 N–H and O–H groups in total. The largest absolute Gasteiger partial charge is 0.426 e. The highest BCUT2D eigenvalue weighted by molar-refractivity contribution is 6.19. The number of benzene rings is 4. The Labute approximate surface area is 282 Å². The number of amides is 2. The number of alkyl halides is 2. The van der Waals surface area contributed by atoms with Crippen molar-refractivity contribution in [2.75, 3.05) is 35.2 Å². The summed E-state index contributed by atoms with van der Waals surface area (Å²) in [6.07, 6.45) is 3.67. The molecule has 5 aliphatic rings. The Morgan fingerprint density at radius 2 is 1.23 bits per heavy atom. The van der Waals surface area contributed by atoms with E-state index in [-0.39, 0.29) is 17.7 Å². The molecule has 2 aliphatic heterocycles.